The molecule has 0 amide bonds. The van der Waals surface area contributed by atoms with Gasteiger partial charge >= 0.3 is 11.7 Å². The molecular weight excluding hydrogens is 244 g/mol. The molecule has 0 saturated heterocycles. The van der Waals surface area contributed by atoms with Gasteiger partial charge in [-0.25, -0.2) is 9.59 Å². The predicted octanol–water partition coefficient (Wildman–Crippen LogP) is 0.376. The molecule has 0 saturated carbocycles. The van der Waals surface area contributed by atoms with Crippen LogP contribution in [0.3, 0.4) is 0 Å². The summed E-state index contributed by atoms with van der Waals surface area (Å²) in [6.07, 6.45) is 2.98. The predicted molar refractivity (Wildman–Crippen MR) is 65.9 cm³/mol. The van der Waals surface area contributed by atoms with E-state index in [4.69, 9.17) is 5.11 Å². The molecule has 0 aliphatic carbocycles. The lowest BCUT2D eigenvalue weighted by Crippen LogP contribution is -2.37. The number of carboxylic acids is 1. The number of hydrogen-bond acceptors (Lipinski definition) is 4. The van der Waals surface area contributed by atoms with E-state index in [1.807, 2.05) is 25.1 Å². The molecule has 6 nitrogen and oxygen atoms in total. The van der Waals surface area contributed by atoms with Crippen LogP contribution in [-0.2, 0) is 6.54 Å². The van der Waals surface area contributed by atoms with Gasteiger partial charge in [-0.3, -0.25) is 14.3 Å². The van der Waals surface area contributed by atoms with Gasteiger partial charge in [0.25, 0.3) is 5.56 Å². The number of carbonyl (C=O) groups is 1. The zero-order valence-electron chi connectivity index (χ0n) is 9.81. The Hall–Kier alpha value is -1.50. The van der Waals surface area contributed by atoms with Crippen LogP contribution in [0.1, 0.15) is 24.2 Å². The summed E-state index contributed by atoms with van der Waals surface area (Å²) in [6.45, 7) is 4.18. The van der Waals surface area contributed by atoms with E-state index in [1.165, 1.54) is 4.57 Å². The topological polar surface area (TPSA) is 92.2 Å². The molecule has 0 atom stereocenters. The van der Waals surface area contributed by atoms with Gasteiger partial charge in [0.05, 0.1) is 0 Å². The van der Waals surface area contributed by atoms with Crippen molar-refractivity contribution >= 4 is 17.7 Å². The second-order valence-electron chi connectivity index (χ2n) is 4.20. The summed E-state index contributed by atoms with van der Waals surface area (Å²) in [6, 6.07) is 0. The molecule has 1 heterocycles. The van der Waals surface area contributed by atoms with Crippen LogP contribution in [0.25, 0.3) is 0 Å². The monoisotopic (exact) mass is 258 g/mol. The van der Waals surface area contributed by atoms with E-state index in [0.717, 1.165) is 6.20 Å². The van der Waals surface area contributed by atoms with Gasteiger partial charge in [-0.05, 0) is 20.1 Å². The van der Waals surface area contributed by atoms with Crippen molar-refractivity contribution in [2.24, 2.45) is 0 Å². The minimum Gasteiger partial charge on any atom is -0.477 e. The van der Waals surface area contributed by atoms with Crippen molar-refractivity contribution in [3.05, 3.63) is 32.6 Å². The number of aromatic amines is 1. The molecule has 7 heteroatoms. The van der Waals surface area contributed by atoms with Crippen LogP contribution < -0.4 is 11.2 Å². The number of nitrogens with one attached hydrogen (secondary N) is 1. The SMILES string of the molecule is CSC(C)(C)Cn1cc(C(=O)O)c(=O)[nH]c1=O. The molecule has 0 fully saturated rings. The smallest absolute Gasteiger partial charge is 0.342 e. The quantitative estimate of drug-likeness (QED) is 0.814. The first kappa shape index (κ1) is 13.6. The first-order valence-corrected chi connectivity index (χ1v) is 6.11. The van der Waals surface area contributed by atoms with Crippen molar-refractivity contribution in [3.63, 3.8) is 0 Å². The molecule has 0 bridgehead atoms. The summed E-state index contributed by atoms with van der Waals surface area (Å²) in [7, 11) is 0. The fraction of sp³-hybridized carbons (Fsp3) is 0.500. The highest BCUT2D eigenvalue weighted by atomic mass is 32.2. The minimum absolute atomic E-state index is 0.224. The Labute approximate surface area is 102 Å². The third-order valence-corrected chi connectivity index (χ3v) is 3.58. The number of aromatic nitrogens is 2. The lowest BCUT2D eigenvalue weighted by Gasteiger charge is -2.22. The summed E-state index contributed by atoms with van der Waals surface area (Å²) in [5, 5.41) is 8.80. The van der Waals surface area contributed by atoms with Crippen LogP contribution in [0.2, 0.25) is 0 Å². The fourth-order valence-corrected chi connectivity index (χ4v) is 1.52. The maximum atomic E-state index is 11.5. The van der Waals surface area contributed by atoms with Crippen molar-refractivity contribution in [2.75, 3.05) is 6.26 Å². The molecule has 17 heavy (non-hydrogen) atoms. The normalized spacial score (nSPS) is 11.5. The first-order valence-electron chi connectivity index (χ1n) is 4.89. The second-order valence-corrected chi connectivity index (χ2v) is 5.71. The van der Waals surface area contributed by atoms with Gasteiger partial charge in [0.15, 0.2) is 0 Å². The first-order chi connectivity index (χ1) is 7.76. The lowest BCUT2D eigenvalue weighted by molar-refractivity contribution is 0.0693. The van der Waals surface area contributed by atoms with E-state index in [-0.39, 0.29) is 4.75 Å². The third kappa shape index (κ3) is 3.23. The Kier molecular flexibility index (Phi) is 3.82. The summed E-state index contributed by atoms with van der Waals surface area (Å²) >= 11 is 1.55. The molecule has 0 spiro atoms. The van der Waals surface area contributed by atoms with Gasteiger partial charge in [0.1, 0.15) is 5.56 Å². The van der Waals surface area contributed by atoms with Gasteiger partial charge in [0, 0.05) is 17.5 Å². The summed E-state index contributed by atoms with van der Waals surface area (Å²) < 4.78 is 0.985. The highest BCUT2D eigenvalue weighted by Gasteiger charge is 2.19. The number of thioether (sulfide) groups is 1. The highest BCUT2D eigenvalue weighted by molar-refractivity contribution is 7.99. The fourth-order valence-electron chi connectivity index (χ4n) is 1.25. The molecule has 0 aliphatic heterocycles. The Morgan fingerprint density at radius 2 is 2.12 bits per heavy atom. The Balaban J connectivity index is 3.27. The molecule has 0 unspecified atom stereocenters. The average Bonchev–Trinajstić information content (AvgIpc) is 2.21. The van der Waals surface area contributed by atoms with Crippen molar-refractivity contribution < 1.29 is 9.90 Å². The zero-order chi connectivity index (χ0) is 13.2. The molecule has 1 aromatic rings. The summed E-state index contributed by atoms with van der Waals surface area (Å²) in [5.74, 6) is -1.35. The molecule has 0 aromatic carbocycles. The molecule has 1 aromatic heterocycles. The van der Waals surface area contributed by atoms with Crippen molar-refractivity contribution in [1.82, 2.24) is 9.55 Å². The van der Waals surface area contributed by atoms with E-state index in [1.54, 1.807) is 11.8 Å². The largest absolute Gasteiger partial charge is 0.477 e. The van der Waals surface area contributed by atoms with E-state index < -0.39 is 22.8 Å². The van der Waals surface area contributed by atoms with Gasteiger partial charge in [-0.1, -0.05) is 0 Å². The number of rotatable bonds is 4. The maximum Gasteiger partial charge on any atom is 0.342 e. The molecule has 94 valence electrons. The number of carboxylic acid groups (broad SMARTS) is 1. The average molecular weight is 258 g/mol. The van der Waals surface area contributed by atoms with E-state index in [9.17, 15) is 14.4 Å². The van der Waals surface area contributed by atoms with Crippen LogP contribution in [0.5, 0.6) is 0 Å². The van der Waals surface area contributed by atoms with Crippen molar-refractivity contribution in [3.8, 4) is 0 Å². The van der Waals surface area contributed by atoms with Crippen molar-refractivity contribution in [2.45, 2.75) is 25.1 Å². The molecule has 0 radical (unpaired) electrons. The standard InChI is InChI=1S/C10H14N2O4S/c1-10(2,17-3)5-12-4-6(8(14)15)7(13)11-9(12)16/h4H,5H2,1-3H3,(H,14,15)(H,11,13,16). The zero-order valence-corrected chi connectivity index (χ0v) is 10.6. The Morgan fingerprint density at radius 1 is 1.53 bits per heavy atom. The lowest BCUT2D eigenvalue weighted by atomic mass is 10.2. The van der Waals surface area contributed by atoms with Crippen LogP contribution in [0.15, 0.2) is 15.8 Å². The van der Waals surface area contributed by atoms with Gasteiger partial charge < -0.3 is 5.11 Å². The molecule has 0 aliphatic rings. The number of nitrogens with zero attached hydrogens (tertiary/aromatic N) is 1. The van der Waals surface area contributed by atoms with E-state index >= 15 is 0 Å². The van der Waals surface area contributed by atoms with Crippen LogP contribution >= 0.6 is 11.8 Å². The van der Waals surface area contributed by atoms with Gasteiger partial charge in [-0.2, -0.15) is 11.8 Å². The Bertz CT molecular complexity index is 544. The highest BCUT2D eigenvalue weighted by Crippen LogP contribution is 2.22. The number of hydrogen-bond donors (Lipinski definition) is 2. The Morgan fingerprint density at radius 3 is 2.59 bits per heavy atom. The van der Waals surface area contributed by atoms with Crippen LogP contribution in [-0.4, -0.2) is 31.6 Å². The molecule has 2 N–H and O–H groups in total. The number of H-pyrrole nitrogens is 1. The van der Waals surface area contributed by atoms with Gasteiger partial charge in [0.2, 0.25) is 0 Å². The van der Waals surface area contributed by atoms with E-state index in [0.29, 0.717) is 6.54 Å². The molecular formula is C10H14N2O4S. The van der Waals surface area contributed by atoms with Gasteiger partial charge in [-0.15, -0.1) is 0 Å². The molecule has 1 rings (SSSR count). The van der Waals surface area contributed by atoms with Crippen LogP contribution in [0, 0.1) is 0 Å². The summed E-state index contributed by atoms with van der Waals surface area (Å²) in [5.41, 5.74) is -1.90. The maximum absolute atomic E-state index is 11.5. The second kappa shape index (κ2) is 4.79. The van der Waals surface area contributed by atoms with Crippen LogP contribution in [0.4, 0.5) is 0 Å². The van der Waals surface area contributed by atoms with E-state index in [2.05, 4.69) is 0 Å². The number of aromatic carboxylic acids is 1. The summed E-state index contributed by atoms with van der Waals surface area (Å²) in [4.78, 5) is 35.5. The third-order valence-electron chi connectivity index (χ3n) is 2.35. The van der Waals surface area contributed by atoms with Crippen molar-refractivity contribution in [1.29, 1.82) is 0 Å². The minimum atomic E-state index is -1.35.